The summed E-state index contributed by atoms with van der Waals surface area (Å²) in [5.74, 6) is 0.996. The van der Waals surface area contributed by atoms with Crippen molar-refractivity contribution in [2.75, 3.05) is 0 Å². The molecule has 10 radical (unpaired) electrons. The van der Waals surface area contributed by atoms with E-state index in [0.29, 0.717) is 28.4 Å². The van der Waals surface area contributed by atoms with Gasteiger partial charge in [-0.25, -0.2) is 15.0 Å². The minimum atomic E-state index is 0.116. The fourth-order valence-corrected chi connectivity index (χ4v) is 7.81. The SMILES string of the molecule is [B]c1c([B])c([B])c(-c2nc(-c3ccccc3)nc(-c3cccc4c3oc3c(-c5cccc6c5sc5ccccc56)cccc34)n2)c([B])c1[B]. The summed E-state index contributed by atoms with van der Waals surface area (Å²) in [6, 6.07) is 36.8. The second-order valence-electron chi connectivity index (χ2n) is 11.9. The van der Waals surface area contributed by atoms with E-state index >= 15 is 0 Å². The first-order valence-corrected chi connectivity index (χ1v) is 16.4. The van der Waals surface area contributed by atoms with E-state index in [0.717, 1.165) is 33.0 Å². The molecule has 6 aromatic carbocycles. The van der Waals surface area contributed by atoms with Gasteiger partial charge in [-0.3, -0.25) is 0 Å². The van der Waals surface area contributed by atoms with Gasteiger partial charge in [-0.15, -0.1) is 27.7 Å². The quantitative estimate of drug-likeness (QED) is 0.263. The lowest BCUT2D eigenvalue weighted by molar-refractivity contribution is 0.670. The largest absolute Gasteiger partial charge is 0.455 e. The van der Waals surface area contributed by atoms with Crippen LogP contribution in [0, 0.1) is 0 Å². The summed E-state index contributed by atoms with van der Waals surface area (Å²) < 4.78 is 9.29. The van der Waals surface area contributed by atoms with Crippen molar-refractivity contribution in [2.45, 2.75) is 0 Å². The van der Waals surface area contributed by atoms with Crippen LogP contribution >= 0.6 is 11.3 Å². The Bertz CT molecular complexity index is 2770. The van der Waals surface area contributed by atoms with Gasteiger partial charge < -0.3 is 4.42 Å². The highest BCUT2D eigenvalue weighted by atomic mass is 32.1. The summed E-state index contributed by atoms with van der Waals surface area (Å²) in [5, 5.41) is 4.38. The molecule has 0 amide bonds. The molecule has 216 valence electrons. The summed E-state index contributed by atoms with van der Waals surface area (Å²) >= 11 is 1.79. The number of aromatic nitrogens is 3. The van der Waals surface area contributed by atoms with Gasteiger partial charge in [0.25, 0.3) is 0 Å². The van der Waals surface area contributed by atoms with Gasteiger partial charge in [0.05, 0.1) is 5.56 Å². The zero-order valence-electron chi connectivity index (χ0n) is 25.9. The molecule has 0 saturated carbocycles. The number of para-hydroxylation sites is 2. The third-order valence-corrected chi connectivity index (χ3v) is 10.3. The van der Waals surface area contributed by atoms with E-state index in [1.165, 1.54) is 20.2 Å². The van der Waals surface area contributed by atoms with Gasteiger partial charge in [0.1, 0.15) is 50.4 Å². The minimum absolute atomic E-state index is 0.116. The van der Waals surface area contributed by atoms with E-state index in [-0.39, 0.29) is 33.1 Å². The van der Waals surface area contributed by atoms with Gasteiger partial charge >= 0.3 is 0 Å². The molecule has 3 aromatic heterocycles. The van der Waals surface area contributed by atoms with Crippen LogP contribution < -0.4 is 27.3 Å². The molecule has 0 fully saturated rings. The fraction of sp³-hybridized carbons (Fsp3) is 0. The first-order valence-electron chi connectivity index (χ1n) is 15.6. The normalized spacial score (nSPS) is 11.7. The lowest BCUT2D eigenvalue weighted by atomic mass is 9.60. The van der Waals surface area contributed by atoms with Gasteiger partial charge in [-0.05, 0) is 12.1 Å². The highest BCUT2D eigenvalue weighted by molar-refractivity contribution is 7.26. The Morgan fingerprint density at radius 1 is 0.429 bits per heavy atom. The zero-order chi connectivity index (χ0) is 33.4. The van der Waals surface area contributed by atoms with Crippen molar-refractivity contribution in [3.05, 3.63) is 109 Å². The molecule has 9 aromatic rings. The molecular formula is C39H18B5N3OS. The third kappa shape index (κ3) is 4.62. The lowest BCUT2D eigenvalue weighted by Crippen LogP contribution is -2.55. The van der Waals surface area contributed by atoms with E-state index in [9.17, 15) is 0 Å². The van der Waals surface area contributed by atoms with Gasteiger partial charge in [0, 0.05) is 53.2 Å². The summed E-state index contributed by atoms with van der Waals surface area (Å²) in [6.45, 7) is 0. The molecule has 0 aliphatic heterocycles. The Labute approximate surface area is 292 Å². The van der Waals surface area contributed by atoms with Crippen LogP contribution in [0.1, 0.15) is 0 Å². The molecule has 0 aliphatic carbocycles. The summed E-state index contributed by atoms with van der Waals surface area (Å²) in [4.78, 5) is 14.6. The van der Waals surface area contributed by atoms with Crippen molar-refractivity contribution >= 4 is 120 Å². The summed E-state index contributed by atoms with van der Waals surface area (Å²) in [6.07, 6.45) is 0. The Morgan fingerprint density at radius 3 is 1.69 bits per heavy atom. The number of hydrogen-bond acceptors (Lipinski definition) is 5. The van der Waals surface area contributed by atoms with E-state index in [2.05, 4.69) is 60.7 Å². The molecule has 0 saturated heterocycles. The maximum atomic E-state index is 6.84. The average Bonchev–Trinajstić information content (AvgIpc) is 3.72. The monoisotopic (exact) mass is 631 g/mol. The second kappa shape index (κ2) is 11.4. The Hall–Kier alpha value is -5.33. The highest BCUT2D eigenvalue weighted by Gasteiger charge is 2.22. The second-order valence-corrected chi connectivity index (χ2v) is 12.9. The smallest absolute Gasteiger partial charge is 0.167 e. The number of nitrogens with zero attached hydrogens (tertiary/aromatic N) is 3. The molecule has 4 nitrogen and oxygen atoms in total. The zero-order valence-corrected chi connectivity index (χ0v) is 26.8. The first kappa shape index (κ1) is 29.8. The van der Waals surface area contributed by atoms with Crippen molar-refractivity contribution in [3.63, 3.8) is 0 Å². The molecule has 0 bridgehead atoms. The Morgan fingerprint density at radius 2 is 0.959 bits per heavy atom. The molecule has 3 heterocycles. The molecule has 0 N–H and O–H groups in total. The van der Waals surface area contributed by atoms with Crippen molar-refractivity contribution in [1.29, 1.82) is 0 Å². The fourth-order valence-electron chi connectivity index (χ4n) is 6.58. The van der Waals surface area contributed by atoms with Crippen LogP contribution in [0.4, 0.5) is 0 Å². The van der Waals surface area contributed by atoms with Crippen LogP contribution in [-0.4, -0.2) is 54.2 Å². The number of benzene rings is 6. The molecule has 0 atom stereocenters. The number of fused-ring (bicyclic) bond motifs is 6. The molecular weight excluding hydrogens is 613 g/mol. The number of rotatable bonds is 4. The predicted molar refractivity (Wildman–Crippen MR) is 209 cm³/mol. The van der Waals surface area contributed by atoms with Crippen LogP contribution in [0.2, 0.25) is 0 Å². The molecule has 0 spiro atoms. The van der Waals surface area contributed by atoms with Crippen molar-refractivity contribution in [1.82, 2.24) is 15.0 Å². The average molecular weight is 631 g/mol. The van der Waals surface area contributed by atoms with E-state index < -0.39 is 0 Å². The Kier molecular flexibility index (Phi) is 6.92. The number of thiophene rings is 1. The highest BCUT2D eigenvalue weighted by Crippen LogP contribution is 2.44. The van der Waals surface area contributed by atoms with Gasteiger partial charge in [0.2, 0.25) is 0 Å². The number of furan rings is 1. The minimum Gasteiger partial charge on any atom is -0.455 e. The van der Waals surface area contributed by atoms with E-state index in [4.69, 9.17) is 58.6 Å². The topological polar surface area (TPSA) is 51.8 Å². The third-order valence-electron chi connectivity index (χ3n) is 9.05. The maximum absolute atomic E-state index is 6.84. The summed E-state index contributed by atoms with van der Waals surface area (Å²) in [7, 11) is 31.6. The van der Waals surface area contributed by atoms with Crippen LogP contribution in [0.15, 0.2) is 114 Å². The molecule has 0 unspecified atom stereocenters. The summed E-state index contributed by atoms with van der Waals surface area (Å²) in [5.41, 5.74) is 5.91. The molecule has 10 heteroatoms. The lowest BCUT2D eigenvalue weighted by Gasteiger charge is -2.20. The van der Waals surface area contributed by atoms with Crippen LogP contribution in [0.3, 0.4) is 0 Å². The standard InChI is InChI=1S/C39H18B5N3OS/c40-29-28(30(41)32(43)33(44)31(29)42)39-46-37(19-9-2-1-3-10-19)45-38(47-39)26-17-7-13-22-21-12-6-14-23(34(21)48-35(22)26)25-16-8-15-24-20-11-4-5-18-27(20)49-36(24)25/h1-18H. The number of hydrogen-bond donors (Lipinski definition) is 0. The molecule has 9 rings (SSSR count). The Balaban J connectivity index is 1.30. The molecule has 49 heavy (non-hydrogen) atoms. The van der Waals surface area contributed by atoms with Crippen molar-refractivity contribution in [3.8, 4) is 45.3 Å². The van der Waals surface area contributed by atoms with Gasteiger partial charge in [-0.1, -0.05) is 108 Å². The van der Waals surface area contributed by atoms with Crippen LogP contribution in [-0.2, 0) is 0 Å². The van der Waals surface area contributed by atoms with E-state index in [1.54, 1.807) is 11.3 Å². The predicted octanol–water partition coefficient (Wildman–Crippen LogP) is 4.78. The van der Waals surface area contributed by atoms with Gasteiger partial charge in [0.15, 0.2) is 17.5 Å². The van der Waals surface area contributed by atoms with Crippen molar-refractivity contribution in [2.24, 2.45) is 0 Å². The van der Waals surface area contributed by atoms with Gasteiger partial charge in [-0.2, -0.15) is 0 Å². The molecule has 0 aliphatic rings. The van der Waals surface area contributed by atoms with Crippen molar-refractivity contribution < 1.29 is 4.42 Å². The first-order chi connectivity index (χ1) is 23.9. The van der Waals surface area contributed by atoms with E-state index in [1.807, 2.05) is 48.5 Å². The van der Waals surface area contributed by atoms with Crippen LogP contribution in [0.5, 0.6) is 0 Å². The maximum Gasteiger partial charge on any atom is 0.167 e. The van der Waals surface area contributed by atoms with Crippen LogP contribution in [0.25, 0.3) is 87.4 Å².